The third-order valence-electron chi connectivity index (χ3n) is 3.93. The Kier molecular flexibility index (Phi) is 3.33. The summed E-state index contributed by atoms with van der Waals surface area (Å²) in [5, 5.41) is 2.66. The van der Waals surface area contributed by atoms with Crippen LogP contribution in [0.5, 0.6) is 0 Å². The van der Waals surface area contributed by atoms with Gasteiger partial charge in [0.1, 0.15) is 0 Å². The Labute approximate surface area is 122 Å². The van der Waals surface area contributed by atoms with E-state index in [9.17, 15) is 14.4 Å². The number of anilines is 2. The van der Waals surface area contributed by atoms with Gasteiger partial charge in [0.25, 0.3) is 0 Å². The quantitative estimate of drug-likeness (QED) is 0.668. The van der Waals surface area contributed by atoms with E-state index in [0.717, 1.165) is 0 Å². The Bertz CT molecular complexity index is 625. The van der Waals surface area contributed by atoms with Crippen LogP contribution in [0.25, 0.3) is 0 Å². The van der Waals surface area contributed by atoms with Crippen molar-refractivity contribution in [1.82, 2.24) is 0 Å². The molecule has 0 radical (unpaired) electrons. The molecule has 3 rings (SSSR count). The summed E-state index contributed by atoms with van der Waals surface area (Å²) in [7, 11) is 0. The number of nitrogens with one attached hydrogen (secondary N) is 1. The molecule has 0 aromatic heterocycles. The Hall–Kier alpha value is -2.43. The van der Waals surface area contributed by atoms with Gasteiger partial charge in [-0.3, -0.25) is 14.4 Å². The lowest BCUT2D eigenvalue weighted by Crippen LogP contribution is -2.30. The molecule has 1 N–H and O–H groups in total. The van der Waals surface area contributed by atoms with Gasteiger partial charge in [-0.1, -0.05) is 18.2 Å². The molecule has 1 heterocycles. The molecule has 5 heteroatoms. The highest BCUT2D eigenvalue weighted by molar-refractivity contribution is 6.22. The van der Waals surface area contributed by atoms with Crippen molar-refractivity contribution in [3.8, 4) is 0 Å². The van der Waals surface area contributed by atoms with E-state index in [4.69, 9.17) is 0 Å². The average molecular weight is 284 g/mol. The largest absolute Gasteiger partial charge is 0.326 e. The van der Waals surface area contributed by atoms with Gasteiger partial charge in [-0.15, -0.1) is 0 Å². The van der Waals surface area contributed by atoms with Crippen LogP contribution in [0.2, 0.25) is 0 Å². The van der Waals surface area contributed by atoms with Gasteiger partial charge in [0.05, 0.1) is 17.5 Å². The molecule has 1 aliphatic heterocycles. The van der Waals surface area contributed by atoms with Gasteiger partial charge in [-0.25, -0.2) is 4.90 Å². The Morgan fingerprint density at radius 1 is 1.14 bits per heavy atom. The van der Waals surface area contributed by atoms with E-state index in [1.807, 2.05) is 12.2 Å². The summed E-state index contributed by atoms with van der Waals surface area (Å²) in [6.45, 7) is 1.42. The molecule has 108 valence electrons. The summed E-state index contributed by atoms with van der Waals surface area (Å²) in [4.78, 5) is 37.3. The first-order valence-corrected chi connectivity index (χ1v) is 6.98. The minimum Gasteiger partial charge on any atom is -0.326 e. The normalized spacial score (nSPS) is 24.1. The molecule has 2 atom stereocenters. The molecule has 1 fully saturated rings. The van der Waals surface area contributed by atoms with Crippen LogP contribution in [0.1, 0.15) is 19.8 Å². The molecule has 5 nitrogen and oxygen atoms in total. The van der Waals surface area contributed by atoms with Crippen LogP contribution in [0, 0.1) is 11.8 Å². The first-order chi connectivity index (χ1) is 10.1. The summed E-state index contributed by atoms with van der Waals surface area (Å²) < 4.78 is 0. The van der Waals surface area contributed by atoms with Crippen LogP contribution in [0.3, 0.4) is 0 Å². The Morgan fingerprint density at radius 2 is 1.76 bits per heavy atom. The van der Waals surface area contributed by atoms with E-state index in [1.54, 1.807) is 24.3 Å². The van der Waals surface area contributed by atoms with Crippen molar-refractivity contribution >= 4 is 29.1 Å². The first kappa shape index (κ1) is 13.5. The highest BCUT2D eigenvalue weighted by atomic mass is 16.2. The molecule has 21 heavy (non-hydrogen) atoms. The molecule has 0 saturated carbocycles. The maximum atomic E-state index is 12.5. The smallest absolute Gasteiger partial charge is 0.238 e. The fourth-order valence-corrected chi connectivity index (χ4v) is 2.98. The predicted molar refractivity (Wildman–Crippen MR) is 78.6 cm³/mol. The summed E-state index contributed by atoms with van der Waals surface area (Å²) in [5.41, 5.74) is 1.10. The molecule has 1 aromatic carbocycles. The predicted octanol–water partition coefficient (Wildman–Crippen LogP) is 2.10. The first-order valence-electron chi connectivity index (χ1n) is 6.98. The molecule has 3 amide bonds. The number of rotatable bonds is 2. The lowest BCUT2D eigenvalue weighted by atomic mass is 9.85. The fraction of sp³-hybridized carbons (Fsp3) is 0.312. The zero-order valence-electron chi connectivity index (χ0n) is 11.7. The maximum Gasteiger partial charge on any atom is 0.238 e. The topological polar surface area (TPSA) is 66.5 Å². The summed E-state index contributed by atoms with van der Waals surface area (Å²) in [5.74, 6) is -0.966. The number of benzene rings is 1. The fourth-order valence-electron chi connectivity index (χ4n) is 2.98. The summed E-state index contributed by atoms with van der Waals surface area (Å²) >= 11 is 0. The van der Waals surface area contributed by atoms with Crippen LogP contribution in [0.4, 0.5) is 11.4 Å². The molecule has 0 bridgehead atoms. The molecule has 1 aromatic rings. The van der Waals surface area contributed by atoms with Crippen molar-refractivity contribution < 1.29 is 14.4 Å². The van der Waals surface area contributed by atoms with Crippen molar-refractivity contribution in [3.05, 3.63) is 36.4 Å². The van der Waals surface area contributed by atoms with Crippen LogP contribution < -0.4 is 10.2 Å². The molecule has 1 saturated heterocycles. The number of carbonyl (C=O) groups excluding carboxylic acids is 3. The summed E-state index contributed by atoms with van der Waals surface area (Å²) in [6, 6.07) is 6.82. The van der Waals surface area contributed by atoms with E-state index in [1.165, 1.54) is 11.8 Å². The van der Waals surface area contributed by atoms with E-state index in [2.05, 4.69) is 5.32 Å². The number of nitrogens with zero attached hydrogens (tertiary/aromatic N) is 1. The second-order valence-electron chi connectivity index (χ2n) is 5.40. The van der Waals surface area contributed by atoms with Gasteiger partial charge < -0.3 is 5.32 Å². The van der Waals surface area contributed by atoms with Crippen molar-refractivity contribution in [1.29, 1.82) is 0 Å². The summed E-state index contributed by atoms with van der Waals surface area (Å²) in [6.07, 6.45) is 5.17. The minimum absolute atomic E-state index is 0.144. The van der Waals surface area contributed by atoms with E-state index >= 15 is 0 Å². The molecular formula is C16H16N2O3. The Balaban J connectivity index is 1.92. The SMILES string of the molecule is CC(=O)Nc1cccc(N2C(=O)[C@H]3CC=CC[C@H]3C2=O)c1. The minimum atomic E-state index is -0.244. The number of imide groups is 1. The van der Waals surface area contributed by atoms with Crippen LogP contribution >= 0.6 is 0 Å². The van der Waals surface area contributed by atoms with E-state index in [0.29, 0.717) is 24.2 Å². The lowest BCUT2D eigenvalue weighted by molar-refractivity contribution is -0.122. The van der Waals surface area contributed by atoms with Gasteiger partial charge in [0.2, 0.25) is 17.7 Å². The highest BCUT2D eigenvalue weighted by Gasteiger charge is 2.47. The lowest BCUT2D eigenvalue weighted by Gasteiger charge is -2.16. The van der Waals surface area contributed by atoms with Crippen molar-refractivity contribution in [3.63, 3.8) is 0 Å². The number of allylic oxidation sites excluding steroid dienone is 2. The highest BCUT2D eigenvalue weighted by Crippen LogP contribution is 2.38. The Morgan fingerprint density at radius 3 is 2.33 bits per heavy atom. The van der Waals surface area contributed by atoms with E-state index < -0.39 is 0 Å². The number of hydrogen-bond acceptors (Lipinski definition) is 3. The number of amides is 3. The average Bonchev–Trinajstić information content (AvgIpc) is 2.71. The van der Waals surface area contributed by atoms with Gasteiger partial charge >= 0.3 is 0 Å². The number of fused-ring (bicyclic) bond motifs is 1. The van der Waals surface area contributed by atoms with E-state index in [-0.39, 0.29) is 29.6 Å². The number of carbonyl (C=O) groups is 3. The zero-order valence-corrected chi connectivity index (χ0v) is 11.7. The van der Waals surface area contributed by atoms with Crippen molar-refractivity contribution in [2.24, 2.45) is 11.8 Å². The van der Waals surface area contributed by atoms with Gasteiger partial charge in [0.15, 0.2) is 0 Å². The molecular weight excluding hydrogens is 268 g/mol. The second kappa shape index (κ2) is 5.16. The van der Waals surface area contributed by atoms with Crippen LogP contribution in [-0.4, -0.2) is 17.7 Å². The monoisotopic (exact) mass is 284 g/mol. The third-order valence-corrected chi connectivity index (χ3v) is 3.93. The van der Waals surface area contributed by atoms with Gasteiger partial charge in [-0.2, -0.15) is 0 Å². The molecule has 0 unspecified atom stereocenters. The molecule has 0 spiro atoms. The van der Waals surface area contributed by atoms with Crippen LogP contribution in [0.15, 0.2) is 36.4 Å². The standard InChI is InChI=1S/C16H16N2O3/c1-10(19)17-11-5-4-6-12(9-11)18-15(20)13-7-2-3-8-14(13)16(18)21/h2-6,9,13-14H,7-8H2,1H3,(H,17,19)/t13-,14+. The molecule has 1 aliphatic carbocycles. The zero-order chi connectivity index (χ0) is 15.0. The maximum absolute atomic E-state index is 12.5. The second-order valence-corrected chi connectivity index (χ2v) is 5.40. The van der Waals surface area contributed by atoms with Gasteiger partial charge in [-0.05, 0) is 31.0 Å². The third kappa shape index (κ3) is 2.35. The number of hydrogen-bond donors (Lipinski definition) is 1. The van der Waals surface area contributed by atoms with Gasteiger partial charge in [0, 0.05) is 12.6 Å². The molecule has 2 aliphatic rings. The van der Waals surface area contributed by atoms with Crippen molar-refractivity contribution in [2.45, 2.75) is 19.8 Å². The van der Waals surface area contributed by atoms with Crippen molar-refractivity contribution in [2.75, 3.05) is 10.2 Å². The van der Waals surface area contributed by atoms with Crippen LogP contribution in [-0.2, 0) is 14.4 Å².